The molecule has 0 saturated carbocycles. The van der Waals surface area contributed by atoms with Crippen molar-refractivity contribution in [1.82, 2.24) is 4.90 Å². The van der Waals surface area contributed by atoms with Crippen LogP contribution < -0.4 is 5.73 Å². The number of ether oxygens (including phenoxy) is 1. The van der Waals surface area contributed by atoms with Crippen molar-refractivity contribution in [2.45, 2.75) is 32.3 Å². The van der Waals surface area contributed by atoms with E-state index < -0.39 is 0 Å². The number of hydrogen-bond donors (Lipinski definition) is 1. The molecule has 1 aliphatic rings. The first-order chi connectivity index (χ1) is 6.79. The maximum atomic E-state index is 11.8. The van der Waals surface area contributed by atoms with Crippen molar-refractivity contribution in [2.24, 2.45) is 5.73 Å². The molecule has 1 heterocycles. The molecular formula is C10H20N2O2. The molecule has 2 N–H and O–H groups in total. The summed E-state index contributed by atoms with van der Waals surface area (Å²) in [7, 11) is 0. The van der Waals surface area contributed by atoms with Gasteiger partial charge >= 0.3 is 0 Å². The molecule has 0 aliphatic carbocycles. The Morgan fingerprint density at radius 3 is 2.93 bits per heavy atom. The van der Waals surface area contributed by atoms with Gasteiger partial charge in [-0.2, -0.15) is 0 Å². The highest BCUT2D eigenvalue weighted by atomic mass is 16.5. The first kappa shape index (κ1) is 11.5. The lowest BCUT2D eigenvalue weighted by atomic mass is 10.2. The average molecular weight is 200 g/mol. The smallest absolute Gasteiger partial charge is 0.251 e. The maximum Gasteiger partial charge on any atom is 0.251 e. The van der Waals surface area contributed by atoms with E-state index in [1.807, 2.05) is 11.8 Å². The largest absolute Gasteiger partial charge is 0.368 e. The normalized spacial score (nSPS) is 21.1. The summed E-state index contributed by atoms with van der Waals surface area (Å²) in [5.41, 5.74) is 5.42. The lowest BCUT2D eigenvalue weighted by molar-refractivity contribution is -0.140. The zero-order chi connectivity index (χ0) is 10.4. The highest BCUT2D eigenvalue weighted by Gasteiger charge is 2.26. The van der Waals surface area contributed by atoms with Crippen molar-refractivity contribution in [3.8, 4) is 0 Å². The van der Waals surface area contributed by atoms with E-state index in [1.54, 1.807) is 0 Å². The Morgan fingerprint density at radius 2 is 2.43 bits per heavy atom. The lowest BCUT2D eigenvalue weighted by Gasteiger charge is -2.23. The van der Waals surface area contributed by atoms with E-state index in [2.05, 4.69) is 0 Å². The Hall–Kier alpha value is -0.610. The summed E-state index contributed by atoms with van der Waals surface area (Å²) in [6.45, 7) is 4.86. The van der Waals surface area contributed by atoms with Gasteiger partial charge in [0.05, 0.1) is 0 Å². The van der Waals surface area contributed by atoms with Gasteiger partial charge in [0.1, 0.15) is 6.10 Å². The van der Waals surface area contributed by atoms with Crippen LogP contribution in [0.3, 0.4) is 0 Å². The summed E-state index contributed by atoms with van der Waals surface area (Å²) in [4.78, 5) is 13.7. The third kappa shape index (κ3) is 2.96. The molecule has 1 rings (SSSR count). The van der Waals surface area contributed by atoms with Crippen LogP contribution in [0, 0.1) is 0 Å². The first-order valence-electron chi connectivity index (χ1n) is 5.40. The Labute approximate surface area is 85.4 Å². The molecule has 14 heavy (non-hydrogen) atoms. The van der Waals surface area contributed by atoms with E-state index in [0.29, 0.717) is 6.54 Å². The number of hydrogen-bond acceptors (Lipinski definition) is 3. The summed E-state index contributed by atoms with van der Waals surface area (Å²) < 4.78 is 5.36. The molecule has 1 unspecified atom stereocenters. The summed E-state index contributed by atoms with van der Waals surface area (Å²) in [5, 5.41) is 0. The molecule has 0 bridgehead atoms. The molecule has 0 radical (unpaired) electrons. The molecule has 0 aromatic carbocycles. The highest BCUT2D eigenvalue weighted by Crippen LogP contribution is 2.14. The number of rotatable bonds is 5. The number of amides is 1. The van der Waals surface area contributed by atoms with Gasteiger partial charge in [0.15, 0.2) is 0 Å². The fourth-order valence-corrected chi connectivity index (χ4v) is 1.68. The van der Waals surface area contributed by atoms with Gasteiger partial charge in [-0.3, -0.25) is 4.79 Å². The number of nitrogens with zero attached hydrogens (tertiary/aromatic N) is 1. The predicted octanol–water partition coefficient (Wildman–Crippen LogP) is 0.363. The second kappa shape index (κ2) is 5.98. The van der Waals surface area contributed by atoms with Crippen LogP contribution in [0.5, 0.6) is 0 Å². The molecular weight excluding hydrogens is 180 g/mol. The fourth-order valence-electron chi connectivity index (χ4n) is 1.68. The second-order valence-electron chi connectivity index (χ2n) is 3.56. The Kier molecular flexibility index (Phi) is 4.90. The zero-order valence-corrected chi connectivity index (χ0v) is 8.87. The average Bonchev–Trinajstić information content (AvgIpc) is 2.71. The van der Waals surface area contributed by atoms with Crippen LogP contribution in [-0.4, -0.2) is 43.2 Å². The topological polar surface area (TPSA) is 55.6 Å². The number of carbonyl (C=O) groups excluding carboxylic acids is 1. The van der Waals surface area contributed by atoms with Crippen molar-refractivity contribution >= 4 is 5.91 Å². The Balaban J connectivity index is 2.37. The molecule has 1 fully saturated rings. The van der Waals surface area contributed by atoms with Crippen molar-refractivity contribution < 1.29 is 9.53 Å². The minimum Gasteiger partial charge on any atom is -0.368 e. The summed E-state index contributed by atoms with van der Waals surface area (Å²) >= 11 is 0. The van der Waals surface area contributed by atoms with Gasteiger partial charge in [0.25, 0.3) is 5.91 Å². The molecule has 82 valence electrons. The van der Waals surface area contributed by atoms with Crippen molar-refractivity contribution in [1.29, 1.82) is 0 Å². The van der Waals surface area contributed by atoms with Crippen LogP contribution in [0.4, 0.5) is 0 Å². The van der Waals surface area contributed by atoms with Crippen LogP contribution >= 0.6 is 0 Å². The van der Waals surface area contributed by atoms with Crippen LogP contribution in [-0.2, 0) is 9.53 Å². The SMILES string of the molecule is CCN(CCCN)C(=O)C1CCCO1. The van der Waals surface area contributed by atoms with Crippen molar-refractivity contribution in [3.63, 3.8) is 0 Å². The molecule has 4 heteroatoms. The Bertz CT molecular complexity index is 179. The minimum atomic E-state index is -0.187. The van der Waals surface area contributed by atoms with Crippen LogP contribution in [0.15, 0.2) is 0 Å². The van der Waals surface area contributed by atoms with Crippen LogP contribution in [0.25, 0.3) is 0 Å². The van der Waals surface area contributed by atoms with Gasteiger partial charge in [0, 0.05) is 19.7 Å². The van der Waals surface area contributed by atoms with Gasteiger partial charge in [0.2, 0.25) is 0 Å². The van der Waals surface area contributed by atoms with E-state index >= 15 is 0 Å². The third-order valence-electron chi connectivity index (χ3n) is 2.53. The quantitative estimate of drug-likeness (QED) is 0.697. The summed E-state index contributed by atoms with van der Waals surface area (Å²) in [6.07, 6.45) is 2.56. The Morgan fingerprint density at radius 1 is 1.64 bits per heavy atom. The van der Waals surface area contributed by atoms with E-state index in [0.717, 1.165) is 39.0 Å². The van der Waals surface area contributed by atoms with Gasteiger partial charge in [-0.15, -0.1) is 0 Å². The van der Waals surface area contributed by atoms with Gasteiger partial charge < -0.3 is 15.4 Å². The molecule has 1 saturated heterocycles. The second-order valence-corrected chi connectivity index (χ2v) is 3.56. The van der Waals surface area contributed by atoms with Crippen LogP contribution in [0.1, 0.15) is 26.2 Å². The highest BCUT2D eigenvalue weighted by molar-refractivity contribution is 5.81. The molecule has 0 aromatic heterocycles. The van der Waals surface area contributed by atoms with E-state index in [-0.39, 0.29) is 12.0 Å². The van der Waals surface area contributed by atoms with Gasteiger partial charge in [-0.25, -0.2) is 0 Å². The monoisotopic (exact) mass is 200 g/mol. The lowest BCUT2D eigenvalue weighted by Crippen LogP contribution is -2.39. The molecule has 1 amide bonds. The third-order valence-corrected chi connectivity index (χ3v) is 2.53. The van der Waals surface area contributed by atoms with E-state index in [9.17, 15) is 4.79 Å². The zero-order valence-electron chi connectivity index (χ0n) is 8.87. The molecule has 1 atom stereocenters. The van der Waals surface area contributed by atoms with Crippen molar-refractivity contribution in [2.75, 3.05) is 26.2 Å². The number of likely N-dealkylation sites (N-methyl/N-ethyl adjacent to an activating group) is 1. The van der Waals surface area contributed by atoms with Crippen molar-refractivity contribution in [3.05, 3.63) is 0 Å². The van der Waals surface area contributed by atoms with Gasteiger partial charge in [-0.1, -0.05) is 0 Å². The number of nitrogens with two attached hydrogens (primary N) is 1. The summed E-state index contributed by atoms with van der Waals surface area (Å²) in [6, 6.07) is 0. The molecule has 1 aliphatic heterocycles. The van der Waals surface area contributed by atoms with Gasteiger partial charge in [-0.05, 0) is 32.7 Å². The maximum absolute atomic E-state index is 11.8. The predicted molar refractivity (Wildman–Crippen MR) is 54.9 cm³/mol. The molecule has 0 spiro atoms. The van der Waals surface area contributed by atoms with E-state index in [1.165, 1.54) is 0 Å². The first-order valence-corrected chi connectivity index (χ1v) is 5.40. The number of carbonyl (C=O) groups is 1. The summed E-state index contributed by atoms with van der Waals surface area (Å²) in [5.74, 6) is 0.137. The minimum absolute atomic E-state index is 0.137. The fraction of sp³-hybridized carbons (Fsp3) is 0.900. The van der Waals surface area contributed by atoms with E-state index in [4.69, 9.17) is 10.5 Å². The van der Waals surface area contributed by atoms with Crippen LogP contribution in [0.2, 0.25) is 0 Å². The molecule has 4 nitrogen and oxygen atoms in total. The molecule has 0 aromatic rings. The standard InChI is InChI=1S/C10H20N2O2/c1-2-12(7-4-6-11)10(13)9-5-3-8-14-9/h9H,2-8,11H2,1H3.